The Balaban J connectivity index is 2.40. The molecular formula is C13H7BrCl2F2N2O. The molecule has 0 saturated carbocycles. The summed E-state index contributed by atoms with van der Waals surface area (Å²) in [6.07, 6.45) is 0. The normalized spacial score (nSPS) is 10.5. The Kier molecular flexibility index (Phi) is 4.70. The van der Waals surface area contributed by atoms with Crippen molar-refractivity contribution in [1.29, 1.82) is 0 Å². The van der Waals surface area contributed by atoms with E-state index >= 15 is 0 Å². The van der Waals surface area contributed by atoms with Crippen molar-refractivity contribution >= 4 is 56.4 Å². The van der Waals surface area contributed by atoms with Crippen molar-refractivity contribution in [2.75, 3.05) is 11.1 Å². The van der Waals surface area contributed by atoms with Crippen molar-refractivity contribution in [3.8, 4) is 0 Å². The van der Waals surface area contributed by atoms with Gasteiger partial charge in [-0.3, -0.25) is 4.79 Å². The number of nitrogens with two attached hydrogens (primary N) is 1. The molecule has 3 N–H and O–H groups in total. The average molecular weight is 396 g/mol. The number of hydrogen-bond donors (Lipinski definition) is 2. The van der Waals surface area contributed by atoms with Gasteiger partial charge in [-0.1, -0.05) is 23.2 Å². The molecule has 0 aliphatic heterocycles. The van der Waals surface area contributed by atoms with Gasteiger partial charge in [0.2, 0.25) is 0 Å². The fourth-order valence-corrected chi connectivity index (χ4v) is 2.55. The Morgan fingerprint density at radius 3 is 2.48 bits per heavy atom. The zero-order valence-electron chi connectivity index (χ0n) is 10.2. The molecule has 3 nitrogen and oxygen atoms in total. The van der Waals surface area contributed by atoms with E-state index < -0.39 is 17.5 Å². The van der Waals surface area contributed by atoms with Gasteiger partial charge in [0.15, 0.2) is 5.82 Å². The number of rotatable bonds is 2. The maximum Gasteiger partial charge on any atom is 0.257 e. The minimum atomic E-state index is -0.929. The Morgan fingerprint density at radius 1 is 1.19 bits per heavy atom. The van der Waals surface area contributed by atoms with Gasteiger partial charge in [0.05, 0.1) is 21.3 Å². The number of hydrogen-bond acceptors (Lipinski definition) is 2. The van der Waals surface area contributed by atoms with Crippen LogP contribution in [0.2, 0.25) is 10.0 Å². The zero-order chi connectivity index (χ0) is 15.7. The molecule has 2 rings (SSSR count). The summed E-state index contributed by atoms with van der Waals surface area (Å²) < 4.78 is 26.7. The average Bonchev–Trinajstić information content (AvgIpc) is 2.37. The predicted molar refractivity (Wildman–Crippen MR) is 82.9 cm³/mol. The van der Waals surface area contributed by atoms with E-state index in [9.17, 15) is 13.6 Å². The molecule has 0 fully saturated rings. The second kappa shape index (κ2) is 6.17. The lowest BCUT2D eigenvalue weighted by atomic mass is 10.1. The van der Waals surface area contributed by atoms with Gasteiger partial charge in [0, 0.05) is 16.2 Å². The summed E-state index contributed by atoms with van der Waals surface area (Å²) in [6.45, 7) is 0. The van der Waals surface area contributed by atoms with E-state index in [0.29, 0.717) is 6.07 Å². The van der Waals surface area contributed by atoms with Crippen LogP contribution in [0.25, 0.3) is 0 Å². The Morgan fingerprint density at radius 2 is 1.86 bits per heavy atom. The lowest BCUT2D eigenvalue weighted by Crippen LogP contribution is -2.15. The predicted octanol–water partition coefficient (Wildman–Crippen LogP) is 4.87. The van der Waals surface area contributed by atoms with Crippen LogP contribution in [0.15, 0.2) is 28.7 Å². The molecular weight excluding hydrogens is 389 g/mol. The highest BCUT2D eigenvalue weighted by Gasteiger charge is 2.18. The molecule has 0 aliphatic carbocycles. The van der Waals surface area contributed by atoms with Gasteiger partial charge in [-0.15, -0.1) is 0 Å². The molecule has 0 spiro atoms. The topological polar surface area (TPSA) is 55.1 Å². The number of nitrogen functional groups attached to an aromatic ring is 1. The summed E-state index contributed by atoms with van der Waals surface area (Å²) in [4.78, 5) is 12.1. The number of carbonyl (C=O) groups excluding carboxylic acids is 1. The van der Waals surface area contributed by atoms with Gasteiger partial charge < -0.3 is 11.1 Å². The van der Waals surface area contributed by atoms with Crippen molar-refractivity contribution in [1.82, 2.24) is 0 Å². The highest BCUT2D eigenvalue weighted by Crippen LogP contribution is 2.31. The molecule has 0 aliphatic rings. The van der Waals surface area contributed by atoms with Crippen LogP contribution in [0, 0.1) is 11.6 Å². The molecule has 2 aromatic carbocycles. The minimum absolute atomic E-state index is 0.0120. The van der Waals surface area contributed by atoms with Gasteiger partial charge in [-0.05, 0) is 34.1 Å². The number of carbonyl (C=O) groups is 1. The third-order valence-electron chi connectivity index (χ3n) is 2.54. The summed E-state index contributed by atoms with van der Waals surface area (Å²) in [5.41, 5.74) is 5.58. The van der Waals surface area contributed by atoms with E-state index in [4.69, 9.17) is 28.9 Å². The first-order chi connectivity index (χ1) is 9.79. The maximum atomic E-state index is 13.7. The number of halogens is 5. The fourth-order valence-electron chi connectivity index (χ4n) is 1.62. The molecule has 0 atom stereocenters. The van der Waals surface area contributed by atoms with E-state index in [1.54, 1.807) is 0 Å². The first-order valence-corrected chi connectivity index (χ1v) is 7.05. The van der Waals surface area contributed by atoms with Crippen molar-refractivity contribution in [3.05, 3.63) is 56.0 Å². The second-order valence-corrected chi connectivity index (χ2v) is 5.70. The first-order valence-electron chi connectivity index (χ1n) is 5.50. The molecule has 1 amide bonds. The summed E-state index contributed by atoms with van der Waals surface area (Å²) >= 11 is 14.7. The van der Waals surface area contributed by atoms with Crippen molar-refractivity contribution in [2.45, 2.75) is 0 Å². The molecule has 21 heavy (non-hydrogen) atoms. The summed E-state index contributed by atoms with van der Waals surface area (Å²) in [5, 5.41) is 2.38. The van der Waals surface area contributed by atoms with Crippen LogP contribution in [-0.2, 0) is 0 Å². The highest BCUT2D eigenvalue weighted by molar-refractivity contribution is 9.10. The van der Waals surface area contributed by atoms with Crippen molar-refractivity contribution in [3.63, 3.8) is 0 Å². The molecule has 0 heterocycles. The van der Waals surface area contributed by atoms with Crippen molar-refractivity contribution < 1.29 is 13.6 Å². The minimum Gasteiger partial charge on any atom is -0.399 e. The van der Waals surface area contributed by atoms with E-state index in [2.05, 4.69) is 21.2 Å². The second-order valence-electron chi connectivity index (χ2n) is 4.06. The van der Waals surface area contributed by atoms with Crippen molar-refractivity contribution in [2.24, 2.45) is 0 Å². The van der Waals surface area contributed by atoms with Gasteiger partial charge >= 0.3 is 0 Å². The van der Waals surface area contributed by atoms with E-state index in [0.717, 1.165) is 6.07 Å². The molecule has 0 bridgehead atoms. The van der Waals surface area contributed by atoms with Crippen LogP contribution in [0.5, 0.6) is 0 Å². The number of anilines is 2. The lowest BCUT2D eigenvalue weighted by molar-refractivity contribution is 0.102. The summed E-state index contributed by atoms with van der Waals surface area (Å²) in [7, 11) is 0. The van der Waals surface area contributed by atoms with E-state index in [1.165, 1.54) is 12.1 Å². The Bertz CT molecular complexity index is 717. The quantitative estimate of drug-likeness (QED) is 0.712. The third-order valence-corrected chi connectivity index (χ3v) is 3.97. The summed E-state index contributed by atoms with van der Waals surface area (Å²) in [5.74, 6) is -2.43. The molecule has 0 unspecified atom stereocenters. The molecule has 110 valence electrons. The molecule has 0 saturated heterocycles. The van der Waals surface area contributed by atoms with Crippen LogP contribution >= 0.6 is 39.1 Å². The first kappa shape index (κ1) is 16.0. The fraction of sp³-hybridized carbons (Fsp3) is 0. The SMILES string of the molecule is Nc1cc(Cl)c(Cl)c(C(=O)Nc2c(F)cc(F)cc2Br)c1. The molecule has 2 aromatic rings. The standard InChI is InChI=1S/C13H7BrCl2F2N2O/c14-8-1-5(17)2-10(18)12(8)20-13(21)7-3-6(19)4-9(15)11(7)16/h1-4H,19H2,(H,20,21). The molecule has 0 aromatic heterocycles. The maximum absolute atomic E-state index is 13.7. The van der Waals surface area contributed by atoms with Gasteiger partial charge in [0.25, 0.3) is 5.91 Å². The number of nitrogens with one attached hydrogen (secondary N) is 1. The van der Waals surface area contributed by atoms with Gasteiger partial charge in [0.1, 0.15) is 5.82 Å². The van der Waals surface area contributed by atoms with Gasteiger partial charge in [-0.2, -0.15) is 0 Å². The largest absolute Gasteiger partial charge is 0.399 e. The molecule has 0 radical (unpaired) electrons. The van der Waals surface area contributed by atoms with Crippen LogP contribution in [-0.4, -0.2) is 5.91 Å². The lowest BCUT2D eigenvalue weighted by Gasteiger charge is -2.11. The van der Waals surface area contributed by atoms with Gasteiger partial charge in [-0.25, -0.2) is 8.78 Å². The van der Waals surface area contributed by atoms with Crippen LogP contribution < -0.4 is 11.1 Å². The Labute approximate surface area is 137 Å². The summed E-state index contributed by atoms with van der Waals surface area (Å²) in [6, 6.07) is 4.36. The van der Waals surface area contributed by atoms with Crippen LogP contribution in [0.1, 0.15) is 10.4 Å². The monoisotopic (exact) mass is 394 g/mol. The number of benzene rings is 2. The smallest absolute Gasteiger partial charge is 0.257 e. The Hall–Kier alpha value is -1.37. The molecule has 8 heteroatoms. The van der Waals surface area contributed by atoms with Crippen LogP contribution in [0.3, 0.4) is 0 Å². The van der Waals surface area contributed by atoms with E-state index in [-0.39, 0.29) is 31.5 Å². The highest BCUT2D eigenvalue weighted by atomic mass is 79.9. The third kappa shape index (κ3) is 3.45. The van der Waals surface area contributed by atoms with E-state index in [1.807, 2.05) is 0 Å². The van der Waals surface area contributed by atoms with Crippen LogP contribution in [0.4, 0.5) is 20.2 Å². The number of amides is 1. The zero-order valence-corrected chi connectivity index (χ0v) is 13.3.